The van der Waals surface area contributed by atoms with E-state index in [9.17, 15) is 54.0 Å². The Labute approximate surface area is 862 Å². The maximum absolute atomic E-state index is 15.9. The van der Waals surface area contributed by atoms with Crippen molar-refractivity contribution in [3.8, 4) is 23.0 Å². The molecule has 3 heterocycles. The summed E-state index contributed by atoms with van der Waals surface area (Å²) in [6.07, 6.45) is -1.13. The Morgan fingerprint density at radius 2 is 1.10 bits per heavy atom. The average molecular weight is 2070 g/mol. The Morgan fingerprint density at radius 3 is 1.67 bits per heavy atom. The predicted molar refractivity (Wildman–Crippen MR) is 555 cm³/mol. The zero-order chi connectivity index (χ0) is 108. The summed E-state index contributed by atoms with van der Waals surface area (Å²) < 4.78 is 15.9. The number of H-pyrrole nitrogens is 1. The van der Waals surface area contributed by atoms with Crippen LogP contribution in [0.2, 0.25) is 0 Å². The van der Waals surface area contributed by atoms with Gasteiger partial charge in [0.1, 0.15) is 53.8 Å². The number of aromatic nitrogens is 1. The summed E-state index contributed by atoms with van der Waals surface area (Å²) in [6.45, 7) is 9.06. The number of aromatic hydroxyl groups is 2. The summed E-state index contributed by atoms with van der Waals surface area (Å²) in [5.41, 5.74) is 26.3. The Balaban J connectivity index is 0.00000867. The zero-order valence-corrected chi connectivity index (χ0v) is 85.1. The van der Waals surface area contributed by atoms with E-state index < -0.39 is 191 Å². The number of benzene rings is 6. The maximum Gasteiger partial charge on any atom is 0.373 e. The molecule has 9 rings (SSSR count). The number of rotatable bonds is 59. The van der Waals surface area contributed by atoms with Gasteiger partial charge in [-0.25, -0.2) is 0 Å². The van der Waals surface area contributed by atoms with Gasteiger partial charge < -0.3 is 121 Å². The molecule has 794 valence electrons. The van der Waals surface area contributed by atoms with E-state index in [1.54, 1.807) is 81.6 Å². The van der Waals surface area contributed by atoms with Crippen molar-refractivity contribution >= 4 is 153 Å². The van der Waals surface area contributed by atoms with Crippen molar-refractivity contribution in [1.82, 2.24) is 63.1 Å². The number of para-hydroxylation sites is 1. The Hall–Kier alpha value is -14.3. The molecule has 8 amide bonds. The number of Topliss-reactive ketones (excluding diaryl/α,β-unsaturated/α-hetero) is 4. The third-order valence-corrected chi connectivity index (χ3v) is 26.1. The van der Waals surface area contributed by atoms with Gasteiger partial charge in [-0.2, -0.15) is 34.8 Å². The smallest absolute Gasteiger partial charge is 0.373 e. The molecule has 6 aromatic carbocycles. The first kappa shape index (κ1) is 118. The number of phenols is 2. The number of ether oxygens (including phenoxy) is 3. The lowest BCUT2D eigenvalue weighted by atomic mass is 9.77. The minimum atomic E-state index is -1.54. The summed E-state index contributed by atoms with van der Waals surface area (Å²) in [5, 5.41) is 103. The van der Waals surface area contributed by atoms with Crippen LogP contribution < -0.4 is 80.8 Å². The third kappa shape index (κ3) is 37.0. The molecule has 2 aliphatic rings. The van der Waals surface area contributed by atoms with Crippen LogP contribution in [0.25, 0.3) is 21.7 Å². The van der Waals surface area contributed by atoms with Crippen molar-refractivity contribution in [2.45, 2.75) is 216 Å². The molecular formula is C103H138N20O22S2. The Morgan fingerprint density at radius 1 is 0.565 bits per heavy atom. The average Bonchev–Trinajstić information content (AvgIpc) is 1.47. The fourth-order valence-electron chi connectivity index (χ4n) is 17.7. The number of aliphatic hydroxyl groups is 1. The number of carboxylic acid groups (broad SMARTS) is 1. The molecule has 12 atom stereocenters. The molecule has 0 saturated carbocycles. The standard InChI is InChI=1S/C102H138N20O20S2.CO2/c1-57(123)71(93(134)118-76(24-15-39-114-100(109)110)82(128)53-72(97(138)139)101(2,3)4)52-83(129)89(102(5,6)144)121-95(136)79-25-16-41-122(79)96(137)77(47-65-54-115-73-21-10-9-20-68(65)73)120-92(133)64(46-58-27-28-59-17-7-8-18-62(59)45-58)49-81(127)75(23-14-38-113-99(107)108)117-91(132)63(19-13-37-112-98(105)106)48-80(126)74(22-11-12-26-86(103)104)119-94(135)78(56-143)116-87(130)55-141-44-43-140-42-40-111-90(131)61-31-29-60(30-32-61)88-69-35-33-66(124)50-84(69)142-85-51-67(125)34-36-70(85)88;2-1-3/h7-10,17-18,20-21,27-36,45,50-51,54,57,63-64,71-72,74-79,88-89,115,123-125,143-144H,11-16,19,22-26,37-44,46-49,52-53,55-56H2,1-6H3,(H3,103,104)(H,111,131)(H,116,130)(H,117,132)(H,118,134)(H,119,135)(H,120,133)(H,121,136)(H,138,139)(H4,105,106,112)(H4,107,108,113)(H4,109,110,114);/t57-,63-,64-,71+,72-,74+,75+,76+,77+,78+,79+,89-;/m1./s1. The topological polar surface area (TPSA) is 703 Å². The fourth-order valence-corrected chi connectivity index (χ4v) is 18.2. The second kappa shape index (κ2) is 57.5. The number of aliphatic hydroxyl groups excluding tert-OH is 1. The van der Waals surface area contributed by atoms with Crippen LogP contribution in [0.4, 0.5) is 0 Å². The van der Waals surface area contributed by atoms with Gasteiger partial charge in [0.05, 0.1) is 61.7 Å². The number of unbranched alkanes of at least 4 members (excludes halogenated alkanes) is 1. The van der Waals surface area contributed by atoms with Crippen molar-refractivity contribution in [2.75, 3.05) is 64.9 Å². The van der Waals surface area contributed by atoms with Crippen LogP contribution in [0.1, 0.15) is 188 Å². The number of thiol groups is 2. The molecule has 27 N–H and O–H groups in total. The van der Waals surface area contributed by atoms with Gasteiger partial charge in [0.2, 0.25) is 41.4 Å². The molecule has 0 aliphatic carbocycles. The molecule has 1 saturated heterocycles. The van der Waals surface area contributed by atoms with Crippen molar-refractivity contribution in [2.24, 2.45) is 52.0 Å². The number of aromatic amines is 1. The third-order valence-electron chi connectivity index (χ3n) is 25.5. The Bertz CT molecular complexity index is 5790. The highest BCUT2D eigenvalue weighted by Gasteiger charge is 2.45. The van der Waals surface area contributed by atoms with E-state index in [1.807, 2.05) is 60.7 Å². The van der Waals surface area contributed by atoms with Crippen molar-refractivity contribution < 1.29 is 107 Å². The molecule has 1 fully saturated rings. The zero-order valence-electron chi connectivity index (χ0n) is 83.3. The van der Waals surface area contributed by atoms with Crippen LogP contribution in [0.5, 0.6) is 23.0 Å². The number of carbonyl (C=O) groups is 13. The number of likely N-dealkylation sites (tertiary alicyclic amines) is 1. The lowest BCUT2D eigenvalue weighted by Crippen LogP contribution is -2.59. The predicted octanol–water partition coefficient (Wildman–Crippen LogP) is 5.32. The van der Waals surface area contributed by atoms with Crippen LogP contribution in [0.15, 0.2) is 134 Å². The number of hydrogen-bond acceptors (Lipinski definition) is 27. The lowest BCUT2D eigenvalue weighted by molar-refractivity contribution is -0.192. The maximum atomic E-state index is 15.9. The minimum absolute atomic E-state index is 0.00806. The van der Waals surface area contributed by atoms with Crippen LogP contribution in [-0.4, -0.2) is 255 Å². The number of carbonyl (C=O) groups excluding carboxylic acids is 14. The van der Waals surface area contributed by atoms with E-state index in [0.717, 1.165) is 27.5 Å². The summed E-state index contributed by atoms with van der Waals surface area (Å²) in [4.78, 5) is 210. The molecule has 0 unspecified atom stereocenters. The van der Waals surface area contributed by atoms with Crippen LogP contribution >= 0.6 is 25.3 Å². The number of fused-ring (bicyclic) bond motifs is 4. The molecular weight excluding hydrogens is 1930 g/mol. The number of nitrogens with one attached hydrogen (secondary N) is 15. The van der Waals surface area contributed by atoms with Crippen molar-refractivity contribution in [1.29, 1.82) is 21.6 Å². The first-order valence-electron chi connectivity index (χ1n) is 48.7. The van der Waals surface area contributed by atoms with E-state index in [1.165, 1.54) is 37.8 Å². The van der Waals surface area contributed by atoms with Gasteiger partial charge in [0.25, 0.3) is 5.91 Å². The van der Waals surface area contributed by atoms with Gasteiger partial charge in [-0.15, -0.1) is 0 Å². The van der Waals surface area contributed by atoms with Gasteiger partial charge >= 0.3 is 12.1 Å². The number of nitrogens with zero attached hydrogens (tertiary/aromatic N) is 1. The molecule has 1 aromatic heterocycles. The highest BCUT2D eigenvalue weighted by atomic mass is 32.1. The fraction of sp³-hybridized carbons (Fsp3) is 0.476. The van der Waals surface area contributed by atoms with Gasteiger partial charge in [-0.05, 0) is 155 Å². The quantitative estimate of drug-likeness (QED) is 0.00992. The van der Waals surface area contributed by atoms with E-state index in [2.05, 4.69) is 70.8 Å². The highest BCUT2D eigenvalue weighted by molar-refractivity contribution is 7.81. The molecule has 7 aromatic rings. The Kier molecular flexibility index (Phi) is 46.2. The SMILES string of the molecule is C[C@@H](O)[C@H](CC(=O)[C@@H](NC(=O)[C@@H]1CCCN1C(=O)[C@H](Cc1c[nH]c2ccccc12)NC(=O)[C@@H](CC(=O)[C@H](CCCNC(=N)N)NC(=O)[C@H](CCCNC(=N)N)CC(=O)[C@H](CCCCC(=N)N)NC(=O)[C@H](CS)NC(=O)COCCOCCNC(=O)c1ccc(C2c3ccc(O)cc3Oc3cc(O)ccc32)cc1)Cc1ccc2ccccc2c1)C(C)(C)S)C(=O)N[C@@H](CCCNC(=N)N)C(=O)C[C@H](C(=O)O)C(C)(C)C.O=C=O. The van der Waals surface area contributed by atoms with E-state index >= 15 is 28.8 Å². The normalized spacial score (nSPS) is 15.0. The first-order chi connectivity index (χ1) is 69.8. The van der Waals surface area contributed by atoms with E-state index in [0.29, 0.717) is 45.5 Å². The number of hydrogen-bond donors (Lipinski definition) is 25. The summed E-state index contributed by atoms with van der Waals surface area (Å²) in [6, 6.07) is 27.1. The summed E-state index contributed by atoms with van der Waals surface area (Å²) in [5.74, 6) is -16.2. The number of guanidine groups is 3. The summed E-state index contributed by atoms with van der Waals surface area (Å²) in [7, 11) is 0. The molecule has 0 spiro atoms. The molecule has 42 nitrogen and oxygen atoms in total. The lowest BCUT2D eigenvalue weighted by Gasteiger charge is -2.34. The minimum Gasteiger partial charge on any atom is -0.508 e. The van der Waals surface area contributed by atoms with Gasteiger partial charge in [-0.1, -0.05) is 112 Å². The number of nitrogens with two attached hydrogens (primary N) is 4. The second-order valence-corrected chi connectivity index (χ2v) is 39.8. The molecule has 2 aliphatic heterocycles. The molecule has 0 bridgehead atoms. The summed E-state index contributed by atoms with van der Waals surface area (Å²) >= 11 is 9.12. The van der Waals surface area contributed by atoms with Crippen molar-refractivity contribution in [3.05, 3.63) is 167 Å². The molecule has 0 radical (unpaired) electrons. The number of carboxylic acids is 1. The van der Waals surface area contributed by atoms with Gasteiger partial charge in [0.15, 0.2) is 41.0 Å². The number of aliphatic carboxylic acids is 1. The number of amidine groups is 1. The van der Waals surface area contributed by atoms with Crippen molar-refractivity contribution in [3.63, 3.8) is 0 Å². The van der Waals surface area contributed by atoms with E-state index in [4.69, 9.17) is 81.0 Å². The molecule has 147 heavy (non-hydrogen) atoms. The van der Waals surface area contributed by atoms with Gasteiger partial charge in [-0.3, -0.25) is 84.0 Å². The number of ketones is 4. The van der Waals surface area contributed by atoms with Crippen LogP contribution in [0, 0.1) is 50.7 Å². The first-order valence-corrected chi connectivity index (χ1v) is 49.8. The molecule has 44 heteroatoms. The van der Waals surface area contributed by atoms with Gasteiger partial charge in [0, 0.05) is 145 Å². The monoisotopic (exact) mass is 2070 g/mol. The number of phenolic OH excluding ortho intramolecular Hbond substituents is 2. The van der Waals surface area contributed by atoms with E-state index in [-0.39, 0.29) is 189 Å². The number of amides is 8. The van der Waals surface area contributed by atoms with Crippen LogP contribution in [0.3, 0.4) is 0 Å². The highest BCUT2D eigenvalue weighted by Crippen LogP contribution is 2.49. The largest absolute Gasteiger partial charge is 0.508 e. The second-order valence-electron chi connectivity index (χ2n) is 38.3. The van der Waals surface area contributed by atoms with Crippen LogP contribution in [-0.2, 0) is 89.4 Å².